The Bertz CT molecular complexity index is 346. The predicted octanol–water partition coefficient (Wildman–Crippen LogP) is 1.99. The second kappa shape index (κ2) is 3.82. The van der Waals surface area contributed by atoms with Gasteiger partial charge in [0.1, 0.15) is 0 Å². The highest BCUT2D eigenvalue weighted by Gasteiger charge is 2.20. The van der Waals surface area contributed by atoms with Gasteiger partial charge in [-0.3, -0.25) is 4.79 Å². The first-order valence-corrected chi connectivity index (χ1v) is 5.09. The molecule has 2 rings (SSSR count). The van der Waals surface area contributed by atoms with Crippen LogP contribution in [-0.4, -0.2) is 12.5 Å². The highest BCUT2D eigenvalue weighted by molar-refractivity contribution is 5.77. The van der Waals surface area contributed by atoms with Gasteiger partial charge >= 0.3 is 0 Å². The first-order valence-electron chi connectivity index (χ1n) is 5.09. The highest BCUT2D eigenvalue weighted by Crippen LogP contribution is 2.25. The lowest BCUT2D eigenvalue weighted by Gasteiger charge is -2.22. The molecule has 1 aliphatic rings. The fourth-order valence-corrected chi connectivity index (χ4v) is 1.99. The van der Waals surface area contributed by atoms with E-state index in [1.54, 1.807) is 0 Å². The molecule has 1 atom stereocenters. The van der Waals surface area contributed by atoms with Crippen molar-refractivity contribution in [3.63, 3.8) is 0 Å². The molecule has 1 aromatic rings. The largest absolute Gasteiger partial charge is 0.356 e. The number of hydrogen-bond acceptors (Lipinski definition) is 1. The number of benzene rings is 1. The van der Waals surface area contributed by atoms with Crippen molar-refractivity contribution in [1.29, 1.82) is 0 Å². The summed E-state index contributed by atoms with van der Waals surface area (Å²) in [6.07, 6.45) is 1.71. The molecule has 1 fully saturated rings. The van der Waals surface area contributed by atoms with Crippen LogP contribution in [-0.2, 0) is 4.79 Å². The van der Waals surface area contributed by atoms with Gasteiger partial charge in [0.15, 0.2) is 0 Å². The predicted molar refractivity (Wildman–Crippen MR) is 56.2 cm³/mol. The normalized spacial score (nSPS) is 21.8. The fourth-order valence-electron chi connectivity index (χ4n) is 1.99. The van der Waals surface area contributed by atoms with E-state index in [-0.39, 0.29) is 5.91 Å². The summed E-state index contributed by atoms with van der Waals surface area (Å²) in [5.41, 5.74) is 2.58. The number of hydrogen-bond donors (Lipinski definition) is 1. The lowest BCUT2D eigenvalue weighted by molar-refractivity contribution is -0.122. The van der Waals surface area contributed by atoms with Gasteiger partial charge in [0.05, 0.1) is 0 Å². The Labute approximate surface area is 84.3 Å². The SMILES string of the molecule is Cc1cccc(C2CCNC(=O)C2)c1. The van der Waals surface area contributed by atoms with Crippen LogP contribution in [0, 0.1) is 6.92 Å². The summed E-state index contributed by atoms with van der Waals surface area (Å²) in [6, 6.07) is 8.46. The van der Waals surface area contributed by atoms with Gasteiger partial charge in [0.2, 0.25) is 5.91 Å². The molecule has 2 nitrogen and oxygen atoms in total. The number of carbonyl (C=O) groups excluding carboxylic acids is 1. The van der Waals surface area contributed by atoms with E-state index in [1.165, 1.54) is 11.1 Å². The molecule has 1 unspecified atom stereocenters. The number of aryl methyl sites for hydroxylation is 1. The quantitative estimate of drug-likeness (QED) is 0.719. The van der Waals surface area contributed by atoms with Gasteiger partial charge in [0, 0.05) is 13.0 Å². The number of rotatable bonds is 1. The molecule has 0 aliphatic carbocycles. The van der Waals surface area contributed by atoms with Gasteiger partial charge in [-0.2, -0.15) is 0 Å². The molecule has 0 spiro atoms. The first-order chi connectivity index (χ1) is 6.75. The van der Waals surface area contributed by atoms with E-state index in [0.29, 0.717) is 12.3 Å². The average molecular weight is 189 g/mol. The van der Waals surface area contributed by atoms with E-state index >= 15 is 0 Å². The van der Waals surface area contributed by atoms with Crippen LogP contribution >= 0.6 is 0 Å². The van der Waals surface area contributed by atoms with E-state index in [1.807, 2.05) is 0 Å². The third-order valence-corrected chi connectivity index (χ3v) is 2.76. The summed E-state index contributed by atoms with van der Waals surface area (Å²) in [6.45, 7) is 2.91. The zero-order valence-corrected chi connectivity index (χ0v) is 8.42. The van der Waals surface area contributed by atoms with E-state index in [0.717, 1.165) is 13.0 Å². The lowest BCUT2D eigenvalue weighted by atomic mass is 9.89. The van der Waals surface area contributed by atoms with Crippen LogP contribution in [0.3, 0.4) is 0 Å². The van der Waals surface area contributed by atoms with Gasteiger partial charge in [-0.15, -0.1) is 0 Å². The standard InChI is InChI=1S/C12H15NO/c1-9-3-2-4-10(7-9)11-5-6-13-12(14)8-11/h2-4,7,11H,5-6,8H2,1H3,(H,13,14). The highest BCUT2D eigenvalue weighted by atomic mass is 16.1. The number of amides is 1. The maximum atomic E-state index is 11.2. The van der Waals surface area contributed by atoms with E-state index < -0.39 is 0 Å². The smallest absolute Gasteiger partial charge is 0.220 e. The van der Waals surface area contributed by atoms with Crippen molar-refractivity contribution in [3.05, 3.63) is 35.4 Å². The summed E-state index contributed by atoms with van der Waals surface area (Å²) in [5.74, 6) is 0.603. The maximum Gasteiger partial charge on any atom is 0.220 e. The molecular weight excluding hydrogens is 174 g/mol. The third kappa shape index (κ3) is 1.95. The van der Waals surface area contributed by atoms with Crippen LogP contribution in [0.5, 0.6) is 0 Å². The van der Waals surface area contributed by atoms with Crippen molar-refractivity contribution in [2.75, 3.05) is 6.54 Å². The molecular formula is C12H15NO. The Morgan fingerprint density at radius 3 is 3.00 bits per heavy atom. The minimum atomic E-state index is 0.183. The fraction of sp³-hybridized carbons (Fsp3) is 0.417. The van der Waals surface area contributed by atoms with Crippen molar-refractivity contribution in [1.82, 2.24) is 5.32 Å². The second-order valence-electron chi connectivity index (χ2n) is 3.95. The van der Waals surface area contributed by atoms with Gasteiger partial charge in [-0.05, 0) is 24.8 Å². The topological polar surface area (TPSA) is 29.1 Å². The lowest BCUT2D eigenvalue weighted by Crippen LogP contribution is -2.32. The molecule has 74 valence electrons. The van der Waals surface area contributed by atoms with Crippen LogP contribution in [0.25, 0.3) is 0 Å². The van der Waals surface area contributed by atoms with Crippen LogP contribution in [0.2, 0.25) is 0 Å². The van der Waals surface area contributed by atoms with Crippen molar-refractivity contribution >= 4 is 5.91 Å². The van der Waals surface area contributed by atoms with Crippen molar-refractivity contribution in [2.45, 2.75) is 25.7 Å². The molecule has 1 aromatic carbocycles. The Morgan fingerprint density at radius 2 is 2.29 bits per heavy atom. The Kier molecular flexibility index (Phi) is 2.53. The van der Waals surface area contributed by atoms with E-state index in [9.17, 15) is 4.79 Å². The minimum absolute atomic E-state index is 0.183. The van der Waals surface area contributed by atoms with Crippen molar-refractivity contribution in [3.8, 4) is 0 Å². The molecule has 2 heteroatoms. The molecule has 0 bridgehead atoms. The average Bonchev–Trinajstić information content (AvgIpc) is 2.18. The summed E-state index contributed by atoms with van der Waals surface area (Å²) in [7, 11) is 0. The van der Waals surface area contributed by atoms with Gasteiger partial charge in [0.25, 0.3) is 0 Å². The van der Waals surface area contributed by atoms with E-state index in [4.69, 9.17) is 0 Å². The van der Waals surface area contributed by atoms with Crippen molar-refractivity contribution in [2.24, 2.45) is 0 Å². The van der Waals surface area contributed by atoms with Crippen LogP contribution in [0.1, 0.15) is 29.9 Å². The zero-order valence-electron chi connectivity index (χ0n) is 8.42. The van der Waals surface area contributed by atoms with Crippen molar-refractivity contribution < 1.29 is 4.79 Å². The Morgan fingerprint density at radius 1 is 1.43 bits per heavy atom. The first kappa shape index (κ1) is 9.25. The number of piperidine rings is 1. The monoisotopic (exact) mass is 189 g/mol. The zero-order chi connectivity index (χ0) is 9.97. The molecule has 0 radical (unpaired) electrons. The summed E-state index contributed by atoms with van der Waals surface area (Å²) in [4.78, 5) is 11.2. The molecule has 1 saturated heterocycles. The Balaban J connectivity index is 2.17. The van der Waals surface area contributed by atoms with Gasteiger partial charge in [-0.1, -0.05) is 29.8 Å². The van der Waals surface area contributed by atoms with Gasteiger partial charge in [-0.25, -0.2) is 0 Å². The summed E-state index contributed by atoms with van der Waals surface area (Å²) in [5, 5.41) is 2.86. The Hall–Kier alpha value is -1.31. The maximum absolute atomic E-state index is 11.2. The van der Waals surface area contributed by atoms with E-state index in [2.05, 4.69) is 36.5 Å². The molecule has 1 aliphatic heterocycles. The minimum Gasteiger partial charge on any atom is -0.356 e. The number of nitrogens with one attached hydrogen (secondary N) is 1. The molecule has 1 heterocycles. The summed E-state index contributed by atoms with van der Waals surface area (Å²) >= 11 is 0. The molecule has 1 amide bonds. The molecule has 0 aromatic heterocycles. The summed E-state index contributed by atoms with van der Waals surface area (Å²) < 4.78 is 0. The van der Waals surface area contributed by atoms with Crippen LogP contribution in [0.15, 0.2) is 24.3 Å². The second-order valence-corrected chi connectivity index (χ2v) is 3.95. The molecule has 0 saturated carbocycles. The van der Waals surface area contributed by atoms with Gasteiger partial charge < -0.3 is 5.32 Å². The molecule has 14 heavy (non-hydrogen) atoms. The molecule has 1 N–H and O–H groups in total. The van der Waals surface area contributed by atoms with Crippen LogP contribution in [0.4, 0.5) is 0 Å². The third-order valence-electron chi connectivity index (χ3n) is 2.76. The number of carbonyl (C=O) groups is 1. The van der Waals surface area contributed by atoms with Crippen LogP contribution < -0.4 is 5.32 Å².